The Hall–Kier alpha value is -2.05. The van der Waals surface area contributed by atoms with Crippen molar-refractivity contribution in [1.82, 2.24) is 25.3 Å². The van der Waals surface area contributed by atoms with E-state index in [0.717, 1.165) is 41.7 Å². The van der Waals surface area contributed by atoms with Crippen LogP contribution in [0.15, 0.2) is 41.7 Å². The molecule has 1 atom stereocenters. The van der Waals surface area contributed by atoms with Crippen molar-refractivity contribution in [2.75, 3.05) is 26.7 Å². The SMILES string of the molecule is CCN(CC)C(CNC(=NC)NCc1cnn(C)c1)c1ccccc1Cl. The number of hydrogen-bond donors (Lipinski definition) is 2. The lowest BCUT2D eigenvalue weighted by Gasteiger charge is -2.31. The van der Waals surface area contributed by atoms with Crippen molar-refractivity contribution < 1.29 is 0 Å². The van der Waals surface area contributed by atoms with Gasteiger partial charge in [0.1, 0.15) is 0 Å². The molecule has 1 aromatic heterocycles. The minimum atomic E-state index is 0.177. The molecule has 0 radical (unpaired) electrons. The highest BCUT2D eigenvalue weighted by Gasteiger charge is 2.20. The smallest absolute Gasteiger partial charge is 0.191 e. The zero-order valence-corrected chi connectivity index (χ0v) is 16.8. The van der Waals surface area contributed by atoms with Crippen LogP contribution >= 0.6 is 11.6 Å². The van der Waals surface area contributed by atoms with Gasteiger partial charge in [-0.3, -0.25) is 14.6 Å². The molecular formula is C19H29ClN6. The first-order valence-corrected chi connectivity index (χ1v) is 9.37. The number of aromatic nitrogens is 2. The van der Waals surface area contributed by atoms with Gasteiger partial charge in [0.2, 0.25) is 0 Å². The maximum atomic E-state index is 6.46. The van der Waals surface area contributed by atoms with Crippen LogP contribution in [0.25, 0.3) is 0 Å². The monoisotopic (exact) mass is 376 g/mol. The van der Waals surface area contributed by atoms with E-state index in [0.29, 0.717) is 6.54 Å². The molecule has 0 aliphatic carbocycles. The summed E-state index contributed by atoms with van der Waals surface area (Å²) in [7, 11) is 3.69. The largest absolute Gasteiger partial charge is 0.354 e. The maximum Gasteiger partial charge on any atom is 0.191 e. The Balaban J connectivity index is 2.03. The van der Waals surface area contributed by atoms with Gasteiger partial charge >= 0.3 is 0 Å². The van der Waals surface area contributed by atoms with Crippen molar-refractivity contribution in [3.05, 3.63) is 52.8 Å². The van der Waals surface area contributed by atoms with Crippen molar-refractivity contribution in [3.8, 4) is 0 Å². The molecular weight excluding hydrogens is 348 g/mol. The molecule has 0 saturated carbocycles. The minimum Gasteiger partial charge on any atom is -0.354 e. The summed E-state index contributed by atoms with van der Waals surface area (Å²) in [5, 5.41) is 11.7. The number of guanidine groups is 1. The maximum absolute atomic E-state index is 6.46. The summed E-state index contributed by atoms with van der Waals surface area (Å²) in [5.74, 6) is 0.762. The summed E-state index contributed by atoms with van der Waals surface area (Å²) < 4.78 is 1.79. The molecule has 0 spiro atoms. The molecule has 0 aliphatic heterocycles. The topological polar surface area (TPSA) is 57.5 Å². The van der Waals surface area contributed by atoms with E-state index < -0.39 is 0 Å². The number of halogens is 1. The Morgan fingerprint density at radius 2 is 2.00 bits per heavy atom. The number of rotatable bonds is 8. The van der Waals surface area contributed by atoms with E-state index >= 15 is 0 Å². The first-order valence-electron chi connectivity index (χ1n) is 8.99. The number of aliphatic imine (C=N–C) groups is 1. The first-order chi connectivity index (χ1) is 12.6. The molecule has 7 heteroatoms. The fraction of sp³-hybridized carbons (Fsp3) is 0.474. The van der Waals surface area contributed by atoms with Crippen LogP contribution in [0, 0.1) is 0 Å². The second kappa shape index (κ2) is 10.2. The number of benzene rings is 1. The highest BCUT2D eigenvalue weighted by Crippen LogP contribution is 2.26. The van der Waals surface area contributed by atoms with Crippen molar-refractivity contribution in [2.45, 2.75) is 26.4 Å². The van der Waals surface area contributed by atoms with Gasteiger partial charge in [-0.15, -0.1) is 0 Å². The minimum absolute atomic E-state index is 0.177. The molecule has 0 saturated heterocycles. The zero-order valence-electron chi connectivity index (χ0n) is 16.0. The average molecular weight is 377 g/mol. The Labute approximate surface area is 161 Å². The summed E-state index contributed by atoms with van der Waals surface area (Å²) >= 11 is 6.46. The molecule has 6 nitrogen and oxygen atoms in total. The Morgan fingerprint density at radius 3 is 2.58 bits per heavy atom. The molecule has 0 fully saturated rings. The Kier molecular flexibility index (Phi) is 7.94. The summed E-state index contributed by atoms with van der Waals surface area (Å²) in [5.41, 5.74) is 2.25. The molecule has 1 aromatic carbocycles. The van der Waals surface area contributed by atoms with Crippen LogP contribution in [0.3, 0.4) is 0 Å². The van der Waals surface area contributed by atoms with E-state index in [1.54, 1.807) is 11.7 Å². The van der Waals surface area contributed by atoms with Crippen molar-refractivity contribution >= 4 is 17.6 Å². The molecule has 2 rings (SSSR count). The van der Waals surface area contributed by atoms with Crippen LogP contribution in [-0.2, 0) is 13.6 Å². The van der Waals surface area contributed by atoms with Crippen LogP contribution in [0.4, 0.5) is 0 Å². The Bertz CT molecular complexity index is 708. The lowest BCUT2D eigenvalue weighted by molar-refractivity contribution is 0.219. The molecule has 1 unspecified atom stereocenters. The normalized spacial score (nSPS) is 13.1. The van der Waals surface area contributed by atoms with Gasteiger partial charge in [0.25, 0.3) is 0 Å². The quantitative estimate of drug-likeness (QED) is 0.549. The van der Waals surface area contributed by atoms with E-state index in [1.807, 2.05) is 37.6 Å². The van der Waals surface area contributed by atoms with E-state index in [9.17, 15) is 0 Å². The van der Waals surface area contributed by atoms with Gasteiger partial charge in [0.15, 0.2) is 5.96 Å². The molecule has 2 N–H and O–H groups in total. The van der Waals surface area contributed by atoms with Gasteiger partial charge in [-0.1, -0.05) is 43.6 Å². The molecule has 142 valence electrons. The van der Waals surface area contributed by atoms with Crippen LogP contribution in [0.5, 0.6) is 0 Å². The average Bonchev–Trinajstić information content (AvgIpc) is 3.07. The molecule has 2 aromatic rings. The summed E-state index contributed by atoms with van der Waals surface area (Å²) in [6, 6.07) is 8.22. The number of likely N-dealkylation sites (N-methyl/N-ethyl adjacent to an activating group) is 1. The molecule has 0 aliphatic rings. The van der Waals surface area contributed by atoms with E-state index in [1.165, 1.54) is 0 Å². The van der Waals surface area contributed by atoms with Crippen LogP contribution in [0.2, 0.25) is 5.02 Å². The summed E-state index contributed by atoms with van der Waals surface area (Å²) in [6.07, 6.45) is 3.84. The molecule has 26 heavy (non-hydrogen) atoms. The van der Waals surface area contributed by atoms with Crippen molar-refractivity contribution in [3.63, 3.8) is 0 Å². The summed E-state index contributed by atoms with van der Waals surface area (Å²) in [6.45, 7) is 7.64. The van der Waals surface area contributed by atoms with Gasteiger partial charge in [-0.2, -0.15) is 5.10 Å². The number of aryl methyl sites for hydroxylation is 1. The third-order valence-corrected chi connectivity index (χ3v) is 4.77. The molecule has 0 amide bonds. The Morgan fingerprint density at radius 1 is 1.27 bits per heavy atom. The highest BCUT2D eigenvalue weighted by molar-refractivity contribution is 6.31. The number of nitrogens with one attached hydrogen (secondary N) is 2. The lowest BCUT2D eigenvalue weighted by Crippen LogP contribution is -2.43. The van der Waals surface area contributed by atoms with Crippen LogP contribution in [0.1, 0.15) is 31.0 Å². The van der Waals surface area contributed by atoms with Crippen molar-refractivity contribution in [1.29, 1.82) is 0 Å². The van der Waals surface area contributed by atoms with E-state index in [-0.39, 0.29) is 6.04 Å². The van der Waals surface area contributed by atoms with Crippen LogP contribution in [-0.4, -0.2) is 47.3 Å². The zero-order chi connectivity index (χ0) is 18.9. The van der Waals surface area contributed by atoms with E-state index in [4.69, 9.17) is 11.6 Å². The van der Waals surface area contributed by atoms with Crippen molar-refractivity contribution in [2.24, 2.45) is 12.0 Å². The predicted octanol–water partition coefficient (Wildman–Crippen LogP) is 2.82. The third-order valence-electron chi connectivity index (χ3n) is 4.42. The van der Waals surface area contributed by atoms with Gasteiger partial charge in [-0.05, 0) is 24.7 Å². The standard InChI is InChI=1S/C19H29ClN6/c1-5-26(6-2)18(16-9-7-8-10-17(16)20)13-23-19(21-3)22-11-15-12-24-25(4)14-15/h7-10,12,14,18H,5-6,11,13H2,1-4H3,(H2,21,22,23). The molecule has 1 heterocycles. The summed E-state index contributed by atoms with van der Waals surface area (Å²) in [4.78, 5) is 6.72. The van der Waals surface area contributed by atoms with Gasteiger partial charge < -0.3 is 10.6 Å². The molecule has 0 bridgehead atoms. The fourth-order valence-electron chi connectivity index (χ4n) is 3.01. The second-order valence-electron chi connectivity index (χ2n) is 6.09. The third kappa shape index (κ3) is 5.47. The van der Waals surface area contributed by atoms with Gasteiger partial charge in [-0.25, -0.2) is 0 Å². The van der Waals surface area contributed by atoms with Crippen LogP contribution < -0.4 is 10.6 Å². The fourth-order valence-corrected chi connectivity index (χ4v) is 3.27. The second-order valence-corrected chi connectivity index (χ2v) is 6.49. The predicted molar refractivity (Wildman–Crippen MR) is 109 cm³/mol. The first kappa shape index (κ1) is 20.3. The van der Waals surface area contributed by atoms with Gasteiger partial charge in [0, 0.05) is 44.0 Å². The van der Waals surface area contributed by atoms with E-state index in [2.05, 4.69) is 45.5 Å². The highest BCUT2D eigenvalue weighted by atomic mass is 35.5. The number of hydrogen-bond acceptors (Lipinski definition) is 3. The van der Waals surface area contributed by atoms with Gasteiger partial charge in [0.05, 0.1) is 12.2 Å². The lowest BCUT2D eigenvalue weighted by atomic mass is 10.0. The number of nitrogens with zero attached hydrogens (tertiary/aromatic N) is 4.